The van der Waals surface area contributed by atoms with Crippen LogP contribution in [0.5, 0.6) is 0 Å². The van der Waals surface area contributed by atoms with Crippen molar-refractivity contribution >= 4 is 11.8 Å². The standard InChI is InChI=1S/C10H9F2NS/c1-7(4-5-13)14-8-2-3-9(11)10(12)6-8/h2-3,6-7H,4H2,1H3. The van der Waals surface area contributed by atoms with Crippen LogP contribution in [0.15, 0.2) is 23.1 Å². The first-order chi connectivity index (χ1) is 6.63. The largest absolute Gasteiger partial charge is 0.204 e. The number of halogens is 2. The van der Waals surface area contributed by atoms with Crippen molar-refractivity contribution in [3.8, 4) is 6.07 Å². The first-order valence-corrected chi connectivity index (χ1v) is 5.00. The summed E-state index contributed by atoms with van der Waals surface area (Å²) in [5.74, 6) is -1.69. The van der Waals surface area contributed by atoms with Gasteiger partial charge in [0.15, 0.2) is 11.6 Å². The monoisotopic (exact) mass is 213 g/mol. The zero-order valence-electron chi connectivity index (χ0n) is 7.63. The first kappa shape index (κ1) is 11.0. The Bertz CT molecular complexity index is 360. The average molecular weight is 213 g/mol. The molecule has 1 nitrogen and oxygen atoms in total. The van der Waals surface area contributed by atoms with Gasteiger partial charge in [-0.15, -0.1) is 11.8 Å². The molecule has 0 radical (unpaired) electrons. The van der Waals surface area contributed by atoms with Crippen LogP contribution >= 0.6 is 11.8 Å². The molecule has 4 heteroatoms. The number of rotatable bonds is 3. The van der Waals surface area contributed by atoms with E-state index in [0.29, 0.717) is 11.3 Å². The minimum atomic E-state index is -0.848. The second-order valence-corrected chi connectivity index (χ2v) is 4.38. The number of nitriles is 1. The SMILES string of the molecule is CC(CC#N)Sc1ccc(F)c(F)c1. The third kappa shape index (κ3) is 3.00. The fourth-order valence-corrected chi connectivity index (χ4v) is 1.89. The van der Waals surface area contributed by atoms with E-state index in [1.54, 1.807) is 0 Å². The van der Waals surface area contributed by atoms with Gasteiger partial charge in [0.25, 0.3) is 0 Å². The Morgan fingerprint density at radius 2 is 2.14 bits per heavy atom. The molecule has 1 atom stereocenters. The van der Waals surface area contributed by atoms with Crippen molar-refractivity contribution in [2.45, 2.75) is 23.5 Å². The minimum absolute atomic E-state index is 0.0878. The van der Waals surface area contributed by atoms with Crippen molar-refractivity contribution in [1.29, 1.82) is 5.26 Å². The molecule has 14 heavy (non-hydrogen) atoms. The average Bonchev–Trinajstić information content (AvgIpc) is 2.12. The van der Waals surface area contributed by atoms with Gasteiger partial charge in [0.05, 0.1) is 6.07 Å². The summed E-state index contributed by atoms with van der Waals surface area (Å²) in [7, 11) is 0. The summed E-state index contributed by atoms with van der Waals surface area (Å²) in [6, 6.07) is 5.78. The van der Waals surface area contributed by atoms with E-state index in [2.05, 4.69) is 0 Å². The number of benzene rings is 1. The van der Waals surface area contributed by atoms with Crippen LogP contribution in [-0.2, 0) is 0 Å². The topological polar surface area (TPSA) is 23.8 Å². The fourth-order valence-electron chi connectivity index (χ4n) is 0.953. The molecule has 0 fully saturated rings. The predicted molar refractivity (Wildman–Crippen MR) is 51.9 cm³/mol. The Morgan fingerprint density at radius 3 is 2.71 bits per heavy atom. The molecule has 0 saturated carbocycles. The Hall–Kier alpha value is -1.08. The van der Waals surface area contributed by atoms with E-state index in [4.69, 9.17) is 5.26 Å². The van der Waals surface area contributed by atoms with E-state index in [1.165, 1.54) is 17.8 Å². The van der Waals surface area contributed by atoms with Crippen LogP contribution in [-0.4, -0.2) is 5.25 Å². The Balaban J connectivity index is 2.69. The normalized spacial score (nSPS) is 12.1. The van der Waals surface area contributed by atoms with Gasteiger partial charge in [0, 0.05) is 16.6 Å². The van der Waals surface area contributed by atoms with Crippen molar-refractivity contribution in [2.75, 3.05) is 0 Å². The molecule has 0 aliphatic heterocycles. The summed E-state index contributed by atoms with van der Waals surface area (Å²) in [4.78, 5) is 0.645. The summed E-state index contributed by atoms with van der Waals surface area (Å²) < 4.78 is 25.3. The molecule has 0 spiro atoms. The van der Waals surface area contributed by atoms with E-state index in [9.17, 15) is 8.78 Å². The van der Waals surface area contributed by atoms with Gasteiger partial charge in [-0.3, -0.25) is 0 Å². The van der Waals surface area contributed by atoms with Crippen molar-refractivity contribution in [1.82, 2.24) is 0 Å². The van der Waals surface area contributed by atoms with Crippen LogP contribution in [0, 0.1) is 23.0 Å². The molecule has 0 amide bonds. The minimum Gasteiger partial charge on any atom is -0.204 e. The highest BCUT2D eigenvalue weighted by Crippen LogP contribution is 2.25. The van der Waals surface area contributed by atoms with Gasteiger partial charge in [0.1, 0.15) is 0 Å². The number of nitrogens with zero attached hydrogens (tertiary/aromatic N) is 1. The van der Waals surface area contributed by atoms with Gasteiger partial charge < -0.3 is 0 Å². The third-order valence-electron chi connectivity index (χ3n) is 1.61. The third-order valence-corrected chi connectivity index (χ3v) is 2.70. The molecule has 0 aromatic heterocycles. The van der Waals surface area contributed by atoms with Gasteiger partial charge in [-0.25, -0.2) is 8.78 Å². The lowest BCUT2D eigenvalue weighted by atomic mass is 10.3. The quantitative estimate of drug-likeness (QED) is 0.719. The first-order valence-electron chi connectivity index (χ1n) is 4.12. The lowest BCUT2D eigenvalue weighted by molar-refractivity contribution is 0.506. The van der Waals surface area contributed by atoms with Crippen molar-refractivity contribution < 1.29 is 8.78 Å². The van der Waals surface area contributed by atoms with Crippen LogP contribution < -0.4 is 0 Å². The summed E-state index contributed by atoms with van der Waals surface area (Å²) in [6.07, 6.45) is 0.393. The number of hydrogen-bond acceptors (Lipinski definition) is 2. The molecule has 74 valence electrons. The molecular formula is C10H9F2NS. The van der Waals surface area contributed by atoms with E-state index >= 15 is 0 Å². The van der Waals surface area contributed by atoms with E-state index in [1.807, 2.05) is 13.0 Å². The number of hydrogen-bond donors (Lipinski definition) is 0. The fraction of sp³-hybridized carbons (Fsp3) is 0.300. The lowest BCUT2D eigenvalue weighted by Crippen LogP contribution is -1.94. The van der Waals surface area contributed by atoms with Gasteiger partial charge in [-0.2, -0.15) is 5.26 Å². The van der Waals surface area contributed by atoms with Crippen molar-refractivity contribution in [3.63, 3.8) is 0 Å². The molecule has 0 aliphatic rings. The maximum atomic E-state index is 12.8. The van der Waals surface area contributed by atoms with Gasteiger partial charge in [-0.05, 0) is 18.2 Å². The van der Waals surface area contributed by atoms with Crippen LogP contribution in [0.25, 0.3) is 0 Å². The van der Waals surface area contributed by atoms with E-state index in [-0.39, 0.29) is 5.25 Å². The molecule has 1 rings (SSSR count). The van der Waals surface area contributed by atoms with Crippen LogP contribution in [0.4, 0.5) is 8.78 Å². The summed E-state index contributed by atoms with van der Waals surface area (Å²) in [6.45, 7) is 1.87. The highest BCUT2D eigenvalue weighted by atomic mass is 32.2. The van der Waals surface area contributed by atoms with Gasteiger partial charge >= 0.3 is 0 Å². The smallest absolute Gasteiger partial charge is 0.159 e. The molecule has 0 aliphatic carbocycles. The lowest BCUT2D eigenvalue weighted by Gasteiger charge is -2.06. The van der Waals surface area contributed by atoms with Crippen LogP contribution in [0.3, 0.4) is 0 Å². The van der Waals surface area contributed by atoms with Crippen LogP contribution in [0.2, 0.25) is 0 Å². The number of thioether (sulfide) groups is 1. The maximum Gasteiger partial charge on any atom is 0.159 e. The van der Waals surface area contributed by atoms with E-state index in [0.717, 1.165) is 12.1 Å². The zero-order valence-corrected chi connectivity index (χ0v) is 8.44. The molecule has 1 unspecified atom stereocenters. The Labute approximate surface area is 85.7 Å². The van der Waals surface area contributed by atoms with Crippen molar-refractivity contribution in [3.05, 3.63) is 29.8 Å². The van der Waals surface area contributed by atoms with E-state index < -0.39 is 11.6 Å². The van der Waals surface area contributed by atoms with Crippen molar-refractivity contribution in [2.24, 2.45) is 0 Å². The van der Waals surface area contributed by atoms with Crippen LogP contribution in [0.1, 0.15) is 13.3 Å². The molecule has 0 N–H and O–H groups in total. The molecule has 0 heterocycles. The Morgan fingerprint density at radius 1 is 1.43 bits per heavy atom. The molecule has 1 aromatic rings. The molecule has 1 aromatic carbocycles. The summed E-state index contributed by atoms with van der Waals surface area (Å²) >= 11 is 1.36. The summed E-state index contributed by atoms with van der Waals surface area (Å²) in [5, 5.41) is 8.50. The molecule has 0 bridgehead atoms. The Kier molecular flexibility index (Phi) is 3.90. The van der Waals surface area contributed by atoms with Gasteiger partial charge in [-0.1, -0.05) is 6.92 Å². The molecule has 0 saturated heterocycles. The van der Waals surface area contributed by atoms with Gasteiger partial charge in [0.2, 0.25) is 0 Å². The predicted octanol–water partition coefficient (Wildman–Crippen LogP) is 3.36. The highest BCUT2D eigenvalue weighted by molar-refractivity contribution is 7.99. The highest BCUT2D eigenvalue weighted by Gasteiger charge is 2.06. The second kappa shape index (κ2) is 4.97. The maximum absolute atomic E-state index is 12.8. The second-order valence-electron chi connectivity index (χ2n) is 2.87. The molecular weight excluding hydrogens is 204 g/mol. The summed E-state index contributed by atoms with van der Waals surface area (Å²) in [5.41, 5.74) is 0. The zero-order chi connectivity index (χ0) is 10.6.